The summed E-state index contributed by atoms with van der Waals surface area (Å²) in [6.07, 6.45) is -1.01. The van der Waals surface area contributed by atoms with E-state index in [1.54, 1.807) is 23.6 Å². The highest BCUT2D eigenvalue weighted by molar-refractivity contribution is 7.13. The zero-order valence-corrected chi connectivity index (χ0v) is 17.3. The number of morpholine rings is 1. The van der Waals surface area contributed by atoms with Gasteiger partial charge in [0.15, 0.2) is 0 Å². The highest BCUT2D eigenvalue weighted by Crippen LogP contribution is 2.52. The third-order valence-electron chi connectivity index (χ3n) is 6.29. The summed E-state index contributed by atoms with van der Waals surface area (Å²) in [7, 11) is 0. The number of aryl methyl sites for hydroxylation is 1. The van der Waals surface area contributed by atoms with Crippen molar-refractivity contribution in [2.75, 3.05) is 13.5 Å². The first-order chi connectivity index (χ1) is 15.3. The van der Waals surface area contributed by atoms with Gasteiger partial charge in [0.2, 0.25) is 5.60 Å². The minimum Gasteiger partial charge on any atom is -0.459 e. The zero-order valence-electron chi connectivity index (χ0n) is 20.6. The summed E-state index contributed by atoms with van der Waals surface area (Å²) in [6, 6.07) is 5.70. The fraction of sp³-hybridized carbons (Fsp3) is 0.571. The van der Waals surface area contributed by atoms with Gasteiger partial charge < -0.3 is 19.1 Å². The summed E-state index contributed by atoms with van der Waals surface area (Å²) in [5.74, 6) is -0.792. The van der Waals surface area contributed by atoms with Crippen LogP contribution in [0.4, 0.5) is 0 Å². The smallest absolute Gasteiger partial charge is 0.349 e. The van der Waals surface area contributed by atoms with Crippen molar-refractivity contribution in [2.45, 2.75) is 62.7 Å². The largest absolute Gasteiger partial charge is 0.459 e. The van der Waals surface area contributed by atoms with Crippen LogP contribution in [0.1, 0.15) is 41.3 Å². The third-order valence-corrected chi connectivity index (χ3v) is 8.38. The highest BCUT2D eigenvalue weighted by atomic mass is 32.1. The van der Waals surface area contributed by atoms with Crippen molar-refractivity contribution in [3.8, 4) is 0 Å². The summed E-state index contributed by atoms with van der Waals surface area (Å²) in [5, 5.41) is 13.4. The summed E-state index contributed by atoms with van der Waals surface area (Å²) >= 11 is 2.58. The molecule has 0 radical (unpaired) electrons. The number of carbonyl (C=O) groups is 1. The van der Waals surface area contributed by atoms with Gasteiger partial charge in [-0.2, -0.15) is 0 Å². The van der Waals surface area contributed by atoms with Gasteiger partial charge in [-0.1, -0.05) is 6.07 Å². The standard InChI is InChI=1S/C21H26NO4S2/c1-4-22(3)14-10-13(11-15(22)19-18(14)26-19)25-20(23)21(24,16-6-5-9-27-16)17-8-7-12(2)28-17/h5-9,13-15,18-19,24H,4,10-11H2,1-3H3/q+1/i3D3,4D2. The van der Waals surface area contributed by atoms with Crippen molar-refractivity contribution in [3.05, 3.63) is 44.3 Å². The number of carbonyl (C=O) groups excluding carboxylic acids is 1. The lowest BCUT2D eigenvalue weighted by molar-refractivity contribution is -0.954. The minimum atomic E-state index is -2.58. The van der Waals surface area contributed by atoms with E-state index >= 15 is 0 Å². The molecule has 3 aliphatic rings. The SMILES string of the molecule is [2H]C([2H])([2H])[N+]1(C([2H])([2H])C)C2CC(OC(=O)C(O)(c3cccs3)c3ccc(C)s3)CC1C1OC12. The number of nitrogens with zero attached hydrogens (tertiary/aromatic N) is 1. The average molecular weight is 426 g/mol. The molecule has 150 valence electrons. The molecule has 2 bridgehead atoms. The van der Waals surface area contributed by atoms with Crippen LogP contribution in [-0.4, -0.2) is 59.4 Å². The first-order valence-corrected chi connectivity index (χ1v) is 11.1. The molecule has 1 N–H and O–H groups in total. The van der Waals surface area contributed by atoms with Crippen LogP contribution in [0.25, 0.3) is 0 Å². The van der Waals surface area contributed by atoms with Crippen molar-refractivity contribution in [3.63, 3.8) is 0 Å². The number of quaternary nitrogens is 1. The van der Waals surface area contributed by atoms with Gasteiger partial charge in [-0.05, 0) is 37.4 Å². The number of piperidine rings is 1. The minimum absolute atomic E-state index is 0.166. The number of likely N-dealkylation sites (N-methyl/N-ethyl adjacent to an activating group) is 1. The van der Waals surface area contributed by atoms with E-state index in [1.165, 1.54) is 29.6 Å². The molecule has 3 saturated heterocycles. The summed E-state index contributed by atoms with van der Waals surface area (Å²) in [6.45, 7) is -1.39. The van der Waals surface area contributed by atoms with Gasteiger partial charge in [0, 0.05) is 17.7 Å². The molecule has 0 spiro atoms. The van der Waals surface area contributed by atoms with Crippen LogP contribution in [0.3, 0.4) is 0 Å². The number of rotatable bonds is 5. The van der Waals surface area contributed by atoms with E-state index in [2.05, 4.69) is 0 Å². The number of esters is 1. The summed E-state index contributed by atoms with van der Waals surface area (Å²) < 4.78 is 52.4. The van der Waals surface area contributed by atoms with E-state index < -0.39 is 47.7 Å². The molecular formula is C21H26NO4S2+. The van der Waals surface area contributed by atoms with Crippen LogP contribution in [0.15, 0.2) is 29.6 Å². The molecule has 5 nitrogen and oxygen atoms in total. The van der Waals surface area contributed by atoms with Crippen molar-refractivity contribution in [1.29, 1.82) is 0 Å². The molecular weight excluding hydrogens is 394 g/mol. The van der Waals surface area contributed by atoms with Crippen LogP contribution in [0.5, 0.6) is 0 Å². The maximum Gasteiger partial charge on any atom is 0.349 e. The Balaban J connectivity index is 1.45. The van der Waals surface area contributed by atoms with E-state index in [-0.39, 0.29) is 25.0 Å². The van der Waals surface area contributed by atoms with E-state index in [4.69, 9.17) is 16.3 Å². The van der Waals surface area contributed by atoms with E-state index in [0.717, 1.165) is 4.88 Å². The summed E-state index contributed by atoms with van der Waals surface area (Å²) in [5.41, 5.74) is -1.95. The molecule has 2 aromatic heterocycles. The number of hydrogen-bond acceptors (Lipinski definition) is 6. The van der Waals surface area contributed by atoms with Crippen LogP contribution in [-0.2, 0) is 19.9 Å². The number of fused-ring (bicyclic) bond motifs is 5. The average Bonchev–Trinajstić information content (AvgIpc) is 3.01. The van der Waals surface area contributed by atoms with Gasteiger partial charge in [0.25, 0.3) is 0 Å². The fourth-order valence-corrected chi connectivity index (χ4v) is 6.65. The monoisotopic (exact) mass is 425 g/mol. The topological polar surface area (TPSA) is 59.1 Å². The molecule has 5 heterocycles. The molecule has 28 heavy (non-hydrogen) atoms. The highest BCUT2D eigenvalue weighted by Gasteiger charge is 2.71. The van der Waals surface area contributed by atoms with Crippen LogP contribution in [0, 0.1) is 6.92 Å². The normalized spacial score (nSPS) is 41.5. The summed E-state index contributed by atoms with van der Waals surface area (Å²) in [4.78, 5) is 15.3. The second-order valence-corrected chi connectivity index (χ2v) is 10.0. The molecule has 5 unspecified atom stereocenters. The fourth-order valence-electron chi connectivity index (χ4n) is 4.80. The number of ether oxygens (including phenoxy) is 2. The van der Waals surface area contributed by atoms with Crippen molar-refractivity contribution in [1.82, 2.24) is 0 Å². The number of aliphatic hydroxyl groups is 1. The van der Waals surface area contributed by atoms with Gasteiger partial charge in [0.1, 0.15) is 30.4 Å². The predicted octanol–water partition coefficient (Wildman–Crippen LogP) is 3.04. The second kappa shape index (κ2) is 6.37. The first kappa shape index (κ1) is 13.9. The van der Waals surface area contributed by atoms with E-state index in [0.29, 0.717) is 9.75 Å². The Hall–Kier alpha value is -1.25. The molecule has 0 saturated carbocycles. The van der Waals surface area contributed by atoms with Crippen LogP contribution >= 0.6 is 22.7 Å². The lowest BCUT2D eigenvalue weighted by atomic mass is 9.94. The molecule has 5 rings (SSSR count). The first-order valence-electron chi connectivity index (χ1n) is 11.9. The maximum absolute atomic E-state index is 13.4. The lowest BCUT2D eigenvalue weighted by Crippen LogP contribution is -2.62. The van der Waals surface area contributed by atoms with Crippen molar-refractivity contribution < 1.29 is 30.7 Å². The Labute approximate surface area is 180 Å². The lowest BCUT2D eigenvalue weighted by Gasteiger charge is -2.47. The van der Waals surface area contributed by atoms with E-state index in [1.807, 2.05) is 13.0 Å². The van der Waals surface area contributed by atoms with Gasteiger partial charge in [0.05, 0.1) is 30.1 Å². The Morgan fingerprint density at radius 3 is 2.68 bits per heavy atom. The molecule has 7 heteroatoms. The molecule has 0 amide bonds. The molecule has 2 aromatic rings. The predicted molar refractivity (Wildman–Crippen MR) is 108 cm³/mol. The zero-order chi connectivity index (χ0) is 24.0. The molecule has 0 aromatic carbocycles. The Kier molecular flexibility index (Phi) is 3.16. The third kappa shape index (κ3) is 2.57. The van der Waals surface area contributed by atoms with E-state index in [9.17, 15) is 9.90 Å². The Bertz CT molecular complexity index is 1030. The molecule has 0 aliphatic carbocycles. The Morgan fingerprint density at radius 2 is 2.14 bits per heavy atom. The van der Waals surface area contributed by atoms with Crippen molar-refractivity contribution in [2.24, 2.45) is 0 Å². The molecule has 3 fully saturated rings. The quantitative estimate of drug-likeness (QED) is 0.454. The molecule has 5 atom stereocenters. The Morgan fingerprint density at radius 1 is 1.39 bits per heavy atom. The second-order valence-electron chi connectivity index (χ2n) is 7.80. The van der Waals surface area contributed by atoms with Crippen LogP contribution < -0.4 is 0 Å². The van der Waals surface area contributed by atoms with Crippen LogP contribution in [0.2, 0.25) is 0 Å². The maximum atomic E-state index is 13.4. The van der Waals surface area contributed by atoms with Crippen molar-refractivity contribution >= 4 is 28.6 Å². The van der Waals surface area contributed by atoms with Gasteiger partial charge in [-0.25, -0.2) is 4.79 Å². The molecule has 3 aliphatic heterocycles. The van der Waals surface area contributed by atoms with Gasteiger partial charge >= 0.3 is 5.97 Å². The number of epoxide rings is 1. The number of hydrogen-bond donors (Lipinski definition) is 1. The number of thiophene rings is 2. The van der Waals surface area contributed by atoms with Gasteiger partial charge in [-0.15, -0.1) is 22.7 Å². The van der Waals surface area contributed by atoms with Gasteiger partial charge in [-0.3, -0.25) is 0 Å².